The van der Waals surface area contributed by atoms with Crippen LogP contribution in [0.15, 0.2) is 114 Å². The van der Waals surface area contributed by atoms with Crippen LogP contribution in [0.2, 0.25) is 0 Å². The van der Waals surface area contributed by atoms with Crippen molar-refractivity contribution in [3.8, 4) is 11.5 Å². The Hall–Kier alpha value is -4.95. The van der Waals surface area contributed by atoms with E-state index in [1.807, 2.05) is 116 Å². The van der Waals surface area contributed by atoms with Crippen molar-refractivity contribution in [3.63, 3.8) is 0 Å². The molecule has 0 fully saturated rings. The Morgan fingerprint density at radius 3 is 2.33 bits per heavy atom. The van der Waals surface area contributed by atoms with Crippen LogP contribution < -0.4 is 9.57 Å². The number of oxime groups is 1. The zero-order valence-corrected chi connectivity index (χ0v) is 23.7. The minimum absolute atomic E-state index is 0.376. The molecule has 0 N–H and O–H groups in total. The Morgan fingerprint density at radius 2 is 1.62 bits per heavy atom. The van der Waals surface area contributed by atoms with Crippen molar-refractivity contribution in [3.05, 3.63) is 126 Å². The molecule has 0 radical (unpaired) electrons. The van der Waals surface area contributed by atoms with Crippen LogP contribution in [0, 0.1) is 0 Å². The fourth-order valence-electron chi connectivity index (χ4n) is 4.54. The molecule has 5 aromatic rings. The number of fused-ring (bicyclic) bond motifs is 1. The highest BCUT2D eigenvalue weighted by molar-refractivity contribution is 6.12. The number of hydrogen-bond acceptors (Lipinski definition) is 7. The van der Waals surface area contributed by atoms with Crippen LogP contribution >= 0.6 is 0 Å². The molecule has 0 spiro atoms. The average molecular weight is 564 g/mol. The summed E-state index contributed by atoms with van der Waals surface area (Å²) in [6.45, 7) is 3.35. The van der Waals surface area contributed by atoms with Crippen molar-refractivity contribution < 1.29 is 23.8 Å². The van der Waals surface area contributed by atoms with Crippen molar-refractivity contribution in [1.29, 1.82) is 0 Å². The molecule has 1 unspecified atom stereocenters. The number of rotatable bonds is 13. The van der Waals surface area contributed by atoms with Gasteiger partial charge in [-0.1, -0.05) is 65.8 Å². The molecule has 0 amide bonds. The van der Waals surface area contributed by atoms with Crippen molar-refractivity contribution in [2.45, 2.75) is 26.0 Å². The summed E-state index contributed by atoms with van der Waals surface area (Å²) in [5.74, 6) is 1.02. The van der Waals surface area contributed by atoms with E-state index in [9.17, 15) is 4.79 Å². The lowest BCUT2D eigenvalue weighted by molar-refractivity contribution is -0.153. The fraction of sp³-hybridized carbons (Fsp3) is 0.206. The monoisotopic (exact) mass is 563 g/mol. The van der Waals surface area contributed by atoms with Gasteiger partial charge in [-0.3, -0.25) is 0 Å². The van der Waals surface area contributed by atoms with Gasteiger partial charge in [0.15, 0.2) is 11.9 Å². The first kappa shape index (κ1) is 28.6. The SMILES string of the molecule is CCOC(Cc1ccc(OCCn2ccc3ccc(C(=NOc4ccccc4)c4ccccc4)nc32)cc1)C(=O)OC. The van der Waals surface area contributed by atoms with Gasteiger partial charge in [0, 0.05) is 30.2 Å². The maximum absolute atomic E-state index is 12.0. The van der Waals surface area contributed by atoms with Gasteiger partial charge in [0.2, 0.25) is 0 Å². The van der Waals surface area contributed by atoms with E-state index >= 15 is 0 Å². The van der Waals surface area contributed by atoms with E-state index < -0.39 is 6.10 Å². The van der Waals surface area contributed by atoms with Crippen LogP contribution in [0.1, 0.15) is 23.7 Å². The van der Waals surface area contributed by atoms with Crippen molar-refractivity contribution in [1.82, 2.24) is 9.55 Å². The largest absolute Gasteiger partial charge is 0.492 e. The molecule has 8 nitrogen and oxygen atoms in total. The molecule has 0 bridgehead atoms. The first-order chi connectivity index (χ1) is 20.6. The summed E-state index contributed by atoms with van der Waals surface area (Å²) in [6, 6.07) is 33.1. The third-order valence-electron chi connectivity index (χ3n) is 6.66. The number of carbonyl (C=O) groups is 1. The average Bonchev–Trinajstić information content (AvgIpc) is 3.44. The van der Waals surface area contributed by atoms with Crippen LogP contribution in [0.25, 0.3) is 11.0 Å². The third kappa shape index (κ3) is 7.21. The molecule has 0 aliphatic carbocycles. The molecule has 0 saturated carbocycles. The summed E-state index contributed by atoms with van der Waals surface area (Å²) in [5.41, 5.74) is 4.05. The highest BCUT2D eigenvalue weighted by Gasteiger charge is 2.20. The molecule has 0 aliphatic rings. The van der Waals surface area contributed by atoms with Crippen LogP contribution in [-0.2, 0) is 27.2 Å². The number of aromatic nitrogens is 2. The van der Waals surface area contributed by atoms with Gasteiger partial charge >= 0.3 is 5.97 Å². The van der Waals surface area contributed by atoms with E-state index in [1.165, 1.54) is 7.11 Å². The minimum atomic E-state index is -0.622. The van der Waals surface area contributed by atoms with E-state index in [2.05, 4.69) is 9.72 Å². The molecule has 3 aromatic carbocycles. The molecular formula is C34H33N3O5. The maximum atomic E-state index is 12.0. The Bertz CT molecular complexity index is 1620. The molecule has 2 heterocycles. The summed E-state index contributed by atoms with van der Waals surface area (Å²) < 4.78 is 18.5. The zero-order valence-electron chi connectivity index (χ0n) is 23.7. The predicted molar refractivity (Wildman–Crippen MR) is 162 cm³/mol. The van der Waals surface area contributed by atoms with E-state index in [0.29, 0.717) is 43.3 Å². The van der Waals surface area contributed by atoms with Gasteiger partial charge in [0.25, 0.3) is 0 Å². The third-order valence-corrected chi connectivity index (χ3v) is 6.66. The number of ether oxygens (including phenoxy) is 3. The normalized spacial score (nSPS) is 12.2. The summed E-state index contributed by atoms with van der Waals surface area (Å²) >= 11 is 0. The molecule has 5 rings (SSSR count). The number of esters is 1. The Kier molecular flexibility index (Phi) is 9.59. The first-order valence-electron chi connectivity index (χ1n) is 13.9. The fourth-order valence-corrected chi connectivity index (χ4v) is 4.54. The van der Waals surface area contributed by atoms with Gasteiger partial charge in [0.05, 0.1) is 19.3 Å². The summed E-state index contributed by atoms with van der Waals surface area (Å²) in [6.07, 6.45) is 1.83. The van der Waals surface area contributed by atoms with Crippen LogP contribution in [0.3, 0.4) is 0 Å². The second-order valence-electron chi connectivity index (χ2n) is 9.49. The highest BCUT2D eigenvalue weighted by atomic mass is 16.6. The van der Waals surface area contributed by atoms with E-state index in [1.54, 1.807) is 0 Å². The number of benzene rings is 3. The lowest BCUT2D eigenvalue weighted by Gasteiger charge is -2.15. The molecular weight excluding hydrogens is 530 g/mol. The van der Waals surface area contributed by atoms with Gasteiger partial charge in [-0.2, -0.15) is 0 Å². The van der Waals surface area contributed by atoms with E-state index in [-0.39, 0.29) is 5.97 Å². The zero-order chi connectivity index (χ0) is 29.1. The van der Waals surface area contributed by atoms with Crippen molar-refractivity contribution >= 4 is 22.7 Å². The standard InChI is InChI=1S/C34H33N3O5/c1-3-40-31(34(38)39-2)24-25-14-17-28(18-15-25)41-23-22-37-21-20-27-16-19-30(35-33(27)37)32(26-10-6-4-7-11-26)36-42-29-12-8-5-9-13-29/h4-21,31H,3,22-24H2,1-2H3. The first-order valence-corrected chi connectivity index (χ1v) is 13.9. The molecule has 2 aromatic heterocycles. The summed E-state index contributed by atoms with van der Waals surface area (Å²) in [5, 5.41) is 5.52. The quantitative estimate of drug-likeness (QED) is 0.0983. The van der Waals surface area contributed by atoms with Gasteiger partial charge in [-0.25, -0.2) is 9.78 Å². The van der Waals surface area contributed by atoms with Gasteiger partial charge < -0.3 is 23.6 Å². The van der Waals surface area contributed by atoms with Crippen LogP contribution in [0.5, 0.6) is 11.5 Å². The topological polar surface area (TPSA) is 84.2 Å². The molecule has 1 atom stereocenters. The number of para-hydroxylation sites is 1. The number of hydrogen-bond donors (Lipinski definition) is 0. The Morgan fingerprint density at radius 1 is 0.881 bits per heavy atom. The lowest BCUT2D eigenvalue weighted by Crippen LogP contribution is -2.28. The summed E-state index contributed by atoms with van der Waals surface area (Å²) in [4.78, 5) is 22.7. The van der Waals surface area contributed by atoms with Gasteiger partial charge in [0.1, 0.15) is 23.7 Å². The Balaban J connectivity index is 1.28. The maximum Gasteiger partial charge on any atom is 0.335 e. The smallest absolute Gasteiger partial charge is 0.335 e. The van der Waals surface area contributed by atoms with E-state index in [0.717, 1.165) is 27.9 Å². The number of methoxy groups -OCH3 is 1. The predicted octanol–water partition coefficient (Wildman–Crippen LogP) is 6.07. The molecule has 42 heavy (non-hydrogen) atoms. The van der Waals surface area contributed by atoms with Crippen molar-refractivity contribution in [2.75, 3.05) is 20.3 Å². The van der Waals surface area contributed by atoms with E-state index in [4.69, 9.17) is 24.0 Å². The minimum Gasteiger partial charge on any atom is -0.492 e. The number of carbonyl (C=O) groups excluding carboxylic acids is 1. The van der Waals surface area contributed by atoms with Crippen molar-refractivity contribution in [2.24, 2.45) is 5.16 Å². The number of pyridine rings is 1. The molecule has 0 saturated heterocycles. The molecule has 8 heteroatoms. The van der Waals surface area contributed by atoms with Gasteiger partial charge in [-0.15, -0.1) is 0 Å². The summed E-state index contributed by atoms with van der Waals surface area (Å²) in [7, 11) is 1.37. The van der Waals surface area contributed by atoms with Crippen LogP contribution in [0.4, 0.5) is 0 Å². The second kappa shape index (κ2) is 14.1. The molecule has 214 valence electrons. The number of nitrogens with zero attached hydrogens (tertiary/aromatic N) is 3. The van der Waals surface area contributed by atoms with Gasteiger partial charge in [-0.05, 0) is 55.0 Å². The van der Waals surface area contributed by atoms with Crippen LogP contribution in [-0.4, -0.2) is 47.7 Å². The second-order valence-corrected chi connectivity index (χ2v) is 9.49. The highest BCUT2D eigenvalue weighted by Crippen LogP contribution is 2.19. The Labute approximate surface area is 245 Å². The lowest BCUT2D eigenvalue weighted by atomic mass is 10.1. The molecule has 0 aliphatic heterocycles.